The Morgan fingerprint density at radius 3 is 2.46 bits per heavy atom. The number of nitrogens with zero attached hydrogens (tertiary/aromatic N) is 2. The normalized spacial score (nSPS) is 13.7. The van der Waals surface area contributed by atoms with E-state index in [9.17, 15) is 4.79 Å². The number of amides is 1. The van der Waals surface area contributed by atoms with Crippen LogP contribution in [-0.4, -0.2) is 16.0 Å². The molecule has 5 heteroatoms. The Bertz CT molecular complexity index is 862. The van der Waals surface area contributed by atoms with Crippen LogP contribution in [0.4, 0.5) is 5.69 Å². The van der Waals surface area contributed by atoms with Crippen molar-refractivity contribution in [1.82, 2.24) is 10.1 Å². The molecule has 4 rings (SSSR count). The minimum Gasteiger partial charge on any atom is -0.339 e. The van der Waals surface area contributed by atoms with Gasteiger partial charge in [-0.25, -0.2) is 0 Å². The summed E-state index contributed by atoms with van der Waals surface area (Å²) in [5.41, 5.74) is 3.37. The average molecular weight is 319 g/mol. The van der Waals surface area contributed by atoms with E-state index in [0.717, 1.165) is 29.7 Å². The number of aryl methyl sites for hydroxylation is 1. The van der Waals surface area contributed by atoms with Gasteiger partial charge >= 0.3 is 0 Å². The molecule has 1 aromatic heterocycles. The van der Waals surface area contributed by atoms with Gasteiger partial charge in [-0.15, -0.1) is 0 Å². The Balaban J connectivity index is 1.47. The molecule has 1 heterocycles. The molecule has 0 bridgehead atoms. The summed E-state index contributed by atoms with van der Waals surface area (Å²) in [6.45, 7) is 2.01. The van der Waals surface area contributed by atoms with Crippen LogP contribution in [0.15, 0.2) is 53.1 Å². The monoisotopic (exact) mass is 319 g/mol. The van der Waals surface area contributed by atoms with Crippen molar-refractivity contribution >= 4 is 11.6 Å². The maximum atomic E-state index is 12.3. The van der Waals surface area contributed by atoms with Gasteiger partial charge < -0.3 is 9.84 Å². The molecule has 1 fully saturated rings. The molecule has 1 aliphatic carbocycles. The van der Waals surface area contributed by atoms with Crippen LogP contribution in [0, 0.1) is 6.92 Å². The predicted octanol–water partition coefficient (Wildman–Crippen LogP) is 4.17. The molecular weight excluding hydrogens is 302 g/mol. The molecule has 1 saturated carbocycles. The van der Waals surface area contributed by atoms with Crippen molar-refractivity contribution in [1.29, 1.82) is 0 Å². The lowest BCUT2D eigenvalue weighted by Gasteiger charge is -2.06. The lowest BCUT2D eigenvalue weighted by Crippen LogP contribution is -2.11. The van der Waals surface area contributed by atoms with Gasteiger partial charge in [0.1, 0.15) is 0 Å². The Labute approximate surface area is 139 Å². The molecule has 24 heavy (non-hydrogen) atoms. The van der Waals surface area contributed by atoms with Crippen molar-refractivity contribution in [3.05, 3.63) is 65.5 Å². The molecule has 0 radical (unpaired) electrons. The highest BCUT2D eigenvalue weighted by Gasteiger charge is 2.29. The van der Waals surface area contributed by atoms with Crippen LogP contribution in [0.25, 0.3) is 11.4 Å². The molecule has 1 amide bonds. The highest BCUT2D eigenvalue weighted by atomic mass is 16.5. The van der Waals surface area contributed by atoms with E-state index in [1.807, 2.05) is 43.3 Å². The van der Waals surface area contributed by atoms with Crippen LogP contribution in [0.5, 0.6) is 0 Å². The van der Waals surface area contributed by atoms with E-state index >= 15 is 0 Å². The van der Waals surface area contributed by atoms with Gasteiger partial charge in [0.15, 0.2) is 0 Å². The van der Waals surface area contributed by atoms with Crippen molar-refractivity contribution in [2.75, 3.05) is 5.32 Å². The van der Waals surface area contributed by atoms with Gasteiger partial charge in [0.05, 0.1) is 0 Å². The fourth-order valence-corrected chi connectivity index (χ4v) is 2.46. The summed E-state index contributed by atoms with van der Waals surface area (Å²) in [5.74, 6) is 1.58. The third-order valence-electron chi connectivity index (χ3n) is 4.08. The Morgan fingerprint density at radius 2 is 1.79 bits per heavy atom. The number of hydrogen-bond acceptors (Lipinski definition) is 4. The van der Waals surface area contributed by atoms with E-state index in [4.69, 9.17) is 4.52 Å². The molecule has 0 unspecified atom stereocenters. The third-order valence-corrected chi connectivity index (χ3v) is 4.08. The van der Waals surface area contributed by atoms with Crippen molar-refractivity contribution in [2.24, 2.45) is 0 Å². The first-order chi connectivity index (χ1) is 11.7. The zero-order chi connectivity index (χ0) is 16.5. The van der Waals surface area contributed by atoms with E-state index in [-0.39, 0.29) is 5.91 Å². The van der Waals surface area contributed by atoms with Gasteiger partial charge in [-0.2, -0.15) is 4.98 Å². The van der Waals surface area contributed by atoms with E-state index in [0.29, 0.717) is 23.2 Å². The average Bonchev–Trinajstić information content (AvgIpc) is 3.34. The van der Waals surface area contributed by atoms with Gasteiger partial charge in [0.2, 0.25) is 11.7 Å². The summed E-state index contributed by atoms with van der Waals surface area (Å²) < 4.78 is 5.27. The van der Waals surface area contributed by atoms with Crippen molar-refractivity contribution < 1.29 is 9.32 Å². The molecule has 120 valence electrons. The summed E-state index contributed by atoms with van der Waals surface area (Å²) in [5, 5.41) is 6.89. The zero-order valence-corrected chi connectivity index (χ0v) is 13.3. The molecule has 1 aliphatic rings. The summed E-state index contributed by atoms with van der Waals surface area (Å²) >= 11 is 0. The third kappa shape index (κ3) is 3.06. The molecular formula is C19H17N3O2. The topological polar surface area (TPSA) is 68.0 Å². The van der Waals surface area contributed by atoms with Crippen LogP contribution in [-0.2, 0) is 0 Å². The second kappa shape index (κ2) is 5.92. The molecule has 0 atom stereocenters. The summed E-state index contributed by atoms with van der Waals surface area (Å²) in [6, 6.07) is 14.9. The van der Waals surface area contributed by atoms with Gasteiger partial charge in [0, 0.05) is 22.7 Å². The van der Waals surface area contributed by atoms with Gasteiger partial charge in [-0.1, -0.05) is 35.0 Å². The molecule has 0 saturated heterocycles. The number of anilines is 1. The fourth-order valence-electron chi connectivity index (χ4n) is 2.46. The van der Waals surface area contributed by atoms with Crippen molar-refractivity contribution in [3.8, 4) is 11.4 Å². The van der Waals surface area contributed by atoms with Crippen molar-refractivity contribution in [2.45, 2.75) is 25.7 Å². The maximum absolute atomic E-state index is 12.3. The van der Waals surface area contributed by atoms with E-state index in [1.165, 1.54) is 0 Å². The minimum absolute atomic E-state index is 0.141. The molecule has 0 aliphatic heterocycles. The number of aromatic nitrogens is 2. The van der Waals surface area contributed by atoms with Gasteiger partial charge in [-0.05, 0) is 44.0 Å². The van der Waals surface area contributed by atoms with Crippen LogP contribution in [0.2, 0.25) is 0 Å². The standard InChI is InChI=1S/C19H17N3O2/c1-12-2-10-16(11-3-12)20-18(23)14-6-4-13(5-7-14)17-21-19(24-22-17)15-8-9-15/h2-7,10-11,15H,8-9H2,1H3,(H,20,23). The summed E-state index contributed by atoms with van der Waals surface area (Å²) in [4.78, 5) is 16.7. The number of rotatable bonds is 4. The van der Waals surface area contributed by atoms with Crippen LogP contribution in [0.1, 0.15) is 40.6 Å². The number of hydrogen-bond donors (Lipinski definition) is 1. The van der Waals surface area contributed by atoms with Gasteiger partial charge in [-0.3, -0.25) is 4.79 Å². The lowest BCUT2D eigenvalue weighted by atomic mass is 10.1. The summed E-state index contributed by atoms with van der Waals surface area (Å²) in [6.07, 6.45) is 2.25. The van der Waals surface area contributed by atoms with Gasteiger partial charge in [0.25, 0.3) is 5.91 Å². The van der Waals surface area contributed by atoms with E-state index in [1.54, 1.807) is 12.1 Å². The van der Waals surface area contributed by atoms with E-state index in [2.05, 4.69) is 15.5 Å². The minimum atomic E-state index is -0.141. The molecule has 0 spiro atoms. The molecule has 1 N–H and O–H groups in total. The smallest absolute Gasteiger partial charge is 0.255 e. The second-order valence-corrected chi connectivity index (χ2v) is 6.13. The quantitative estimate of drug-likeness (QED) is 0.783. The first-order valence-corrected chi connectivity index (χ1v) is 8.01. The largest absolute Gasteiger partial charge is 0.339 e. The lowest BCUT2D eigenvalue weighted by molar-refractivity contribution is 0.102. The van der Waals surface area contributed by atoms with Crippen molar-refractivity contribution in [3.63, 3.8) is 0 Å². The number of carbonyl (C=O) groups excluding carboxylic acids is 1. The SMILES string of the molecule is Cc1ccc(NC(=O)c2ccc(-c3noc(C4CC4)n3)cc2)cc1. The number of nitrogens with one attached hydrogen (secondary N) is 1. The zero-order valence-electron chi connectivity index (χ0n) is 13.3. The highest BCUT2D eigenvalue weighted by Crippen LogP contribution is 2.39. The fraction of sp³-hybridized carbons (Fsp3) is 0.211. The summed E-state index contributed by atoms with van der Waals surface area (Å²) in [7, 11) is 0. The molecule has 3 aromatic rings. The second-order valence-electron chi connectivity index (χ2n) is 6.13. The first-order valence-electron chi connectivity index (χ1n) is 8.01. The predicted molar refractivity (Wildman–Crippen MR) is 90.8 cm³/mol. The molecule has 2 aromatic carbocycles. The molecule has 5 nitrogen and oxygen atoms in total. The Morgan fingerprint density at radius 1 is 1.08 bits per heavy atom. The van der Waals surface area contributed by atoms with Crippen LogP contribution >= 0.6 is 0 Å². The van der Waals surface area contributed by atoms with Crippen LogP contribution < -0.4 is 5.32 Å². The van der Waals surface area contributed by atoms with Crippen LogP contribution in [0.3, 0.4) is 0 Å². The number of carbonyl (C=O) groups is 1. The highest BCUT2D eigenvalue weighted by molar-refractivity contribution is 6.04. The first kappa shape index (κ1) is 14.6. The van der Waals surface area contributed by atoms with E-state index < -0.39 is 0 Å². The Kier molecular flexibility index (Phi) is 3.61. The Hall–Kier alpha value is -2.95. The maximum Gasteiger partial charge on any atom is 0.255 e. The number of benzene rings is 2.